The number of hydrogen-bond acceptors (Lipinski definition) is 3. The van der Waals surface area contributed by atoms with Crippen molar-refractivity contribution in [3.63, 3.8) is 0 Å². The van der Waals surface area contributed by atoms with Gasteiger partial charge in [0.2, 0.25) is 10.0 Å². The molecular formula is C18H16BrF3N2O3S. The molecule has 0 aliphatic carbocycles. The Morgan fingerprint density at radius 2 is 1.61 bits per heavy atom. The van der Waals surface area contributed by atoms with E-state index in [9.17, 15) is 26.4 Å². The Balaban J connectivity index is 1.75. The van der Waals surface area contributed by atoms with Crippen molar-refractivity contribution in [2.24, 2.45) is 0 Å². The molecular weight excluding hydrogens is 461 g/mol. The highest BCUT2D eigenvalue weighted by Gasteiger charge is 2.37. The zero-order valence-electron chi connectivity index (χ0n) is 14.5. The van der Waals surface area contributed by atoms with Crippen LogP contribution in [0, 0.1) is 0 Å². The summed E-state index contributed by atoms with van der Waals surface area (Å²) in [4.78, 5) is 14.0. The molecule has 0 saturated carbocycles. The highest BCUT2D eigenvalue weighted by Crippen LogP contribution is 2.32. The average molecular weight is 477 g/mol. The van der Waals surface area contributed by atoms with E-state index in [2.05, 4.69) is 15.9 Å². The molecule has 0 aromatic heterocycles. The predicted molar refractivity (Wildman–Crippen MR) is 100 cm³/mol. The SMILES string of the molecule is O=C(c1ccccc1C(F)(F)F)N1CCN(S(=O)(=O)c2cccc(Br)c2)CC1. The molecule has 0 spiro atoms. The Bertz CT molecular complexity index is 988. The van der Waals surface area contributed by atoms with Crippen molar-refractivity contribution in [2.45, 2.75) is 11.1 Å². The van der Waals surface area contributed by atoms with Gasteiger partial charge in [-0.1, -0.05) is 34.1 Å². The molecule has 0 bridgehead atoms. The van der Waals surface area contributed by atoms with Crippen LogP contribution in [0.25, 0.3) is 0 Å². The van der Waals surface area contributed by atoms with Crippen LogP contribution >= 0.6 is 15.9 Å². The third-order valence-corrected chi connectivity index (χ3v) is 6.81. The summed E-state index contributed by atoms with van der Waals surface area (Å²) in [5, 5.41) is 0. The van der Waals surface area contributed by atoms with Gasteiger partial charge in [0.25, 0.3) is 5.91 Å². The standard InChI is InChI=1S/C18H16BrF3N2O3S/c19-13-4-3-5-14(12-13)28(26,27)24-10-8-23(9-11-24)17(25)15-6-1-2-7-16(15)18(20,21)22/h1-7,12H,8-11H2. The van der Waals surface area contributed by atoms with Crippen molar-refractivity contribution in [1.29, 1.82) is 0 Å². The van der Waals surface area contributed by atoms with E-state index in [0.29, 0.717) is 4.47 Å². The molecule has 3 rings (SSSR count). The second kappa shape index (κ2) is 7.84. The molecule has 1 amide bonds. The van der Waals surface area contributed by atoms with Crippen molar-refractivity contribution in [1.82, 2.24) is 9.21 Å². The summed E-state index contributed by atoms with van der Waals surface area (Å²) in [5.41, 5.74) is -1.43. The molecule has 2 aromatic carbocycles. The molecule has 5 nitrogen and oxygen atoms in total. The smallest absolute Gasteiger partial charge is 0.336 e. The Labute approximate surface area is 168 Å². The number of sulfonamides is 1. The van der Waals surface area contributed by atoms with Gasteiger partial charge in [0, 0.05) is 30.7 Å². The second-order valence-electron chi connectivity index (χ2n) is 6.20. The highest BCUT2D eigenvalue weighted by molar-refractivity contribution is 9.10. The third kappa shape index (κ3) is 4.23. The fourth-order valence-corrected chi connectivity index (χ4v) is 5.01. The number of amides is 1. The lowest BCUT2D eigenvalue weighted by atomic mass is 10.1. The van der Waals surface area contributed by atoms with E-state index in [-0.39, 0.29) is 31.1 Å². The third-order valence-electron chi connectivity index (χ3n) is 4.42. The van der Waals surface area contributed by atoms with Crippen LogP contribution in [-0.4, -0.2) is 49.7 Å². The van der Waals surface area contributed by atoms with Crippen LogP contribution in [0.1, 0.15) is 15.9 Å². The van der Waals surface area contributed by atoms with E-state index in [4.69, 9.17) is 0 Å². The summed E-state index contributed by atoms with van der Waals surface area (Å²) in [6.45, 7) is 0.0417. The van der Waals surface area contributed by atoms with Crippen LogP contribution in [0.4, 0.5) is 13.2 Å². The number of nitrogens with zero attached hydrogens (tertiary/aromatic N) is 2. The fourth-order valence-electron chi connectivity index (χ4n) is 3.00. The van der Waals surface area contributed by atoms with Crippen molar-refractivity contribution in [2.75, 3.05) is 26.2 Å². The highest BCUT2D eigenvalue weighted by atomic mass is 79.9. The second-order valence-corrected chi connectivity index (χ2v) is 9.05. The van der Waals surface area contributed by atoms with Gasteiger partial charge >= 0.3 is 6.18 Å². The van der Waals surface area contributed by atoms with E-state index in [1.54, 1.807) is 12.1 Å². The molecule has 1 heterocycles. The average Bonchev–Trinajstić information content (AvgIpc) is 2.67. The molecule has 150 valence electrons. The maximum Gasteiger partial charge on any atom is 0.417 e. The van der Waals surface area contributed by atoms with Gasteiger partial charge in [-0.15, -0.1) is 0 Å². The van der Waals surface area contributed by atoms with Gasteiger partial charge in [0.05, 0.1) is 16.0 Å². The summed E-state index contributed by atoms with van der Waals surface area (Å²) in [5.74, 6) is -0.757. The van der Waals surface area contributed by atoms with Crippen LogP contribution in [0.5, 0.6) is 0 Å². The van der Waals surface area contributed by atoms with Gasteiger partial charge in [0.15, 0.2) is 0 Å². The van der Waals surface area contributed by atoms with Gasteiger partial charge in [0.1, 0.15) is 0 Å². The fraction of sp³-hybridized carbons (Fsp3) is 0.278. The Hall–Kier alpha value is -1.91. The molecule has 0 atom stereocenters. The largest absolute Gasteiger partial charge is 0.417 e. The minimum atomic E-state index is -4.64. The zero-order valence-corrected chi connectivity index (χ0v) is 16.9. The van der Waals surface area contributed by atoms with Crippen LogP contribution in [0.3, 0.4) is 0 Å². The molecule has 0 unspecified atom stereocenters. The molecule has 10 heteroatoms. The first-order valence-corrected chi connectivity index (χ1v) is 10.6. The molecule has 28 heavy (non-hydrogen) atoms. The number of carbonyl (C=O) groups excluding carboxylic acids is 1. The van der Waals surface area contributed by atoms with Crippen LogP contribution < -0.4 is 0 Å². The van der Waals surface area contributed by atoms with Crippen molar-refractivity contribution >= 4 is 31.9 Å². The molecule has 2 aromatic rings. The van der Waals surface area contributed by atoms with Crippen molar-refractivity contribution in [3.8, 4) is 0 Å². The number of rotatable bonds is 3. The molecule has 1 fully saturated rings. The number of hydrogen-bond donors (Lipinski definition) is 0. The number of halogens is 4. The van der Waals surface area contributed by atoms with Gasteiger partial charge in [-0.05, 0) is 30.3 Å². The lowest BCUT2D eigenvalue weighted by molar-refractivity contribution is -0.138. The minimum Gasteiger partial charge on any atom is -0.336 e. The van der Waals surface area contributed by atoms with Gasteiger partial charge in [-0.3, -0.25) is 4.79 Å². The van der Waals surface area contributed by atoms with Crippen LogP contribution in [0.15, 0.2) is 57.9 Å². The van der Waals surface area contributed by atoms with E-state index >= 15 is 0 Å². The first kappa shape index (κ1) is 20.8. The molecule has 0 radical (unpaired) electrons. The first-order valence-electron chi connectivity index (χ1n) is 8.32. The number of benzene rings is 2. The summed E-state index contributed by atoms with van der Waals surface area (Å²) >= 11 is 3.23. The monoisotopic (exact) mass is 476 g/mol. The Morgan fingerprint density at radius 3 is 2.21 bits per heavy atom. The van der Waals surface area contributed by atoms with E-state index in [1.807, 2.05) is 0 Å². The van der Waals surface area contributed by atoms with Crippen molar-refractivity contribution < 1.29 is 26.4 Å². The zero-order chi connectivity index (χ0) is 20.5. The minimum absolute atomic E-state index is 0.00870. The number of carbonyl (C=O) groups is 1. The van der Waals surface area contributed by atoms with Gasteiger partial charge in [-0.25, -0.2) is 8.42 Å². The maximum absolute atomic E-state index is 13.2. The van der Waals surface area contributed by atoms with E-state index in [1.165, 1.54) is 33.5 Å². The summed E-state index contributed by atoms with van der Waals surface area (Å²) in [6, 6.07) is 10.8. The van der Waals surface area contributed by atoms with Gasteiger partial charge in [-0.2, -0.15) is 17.5 Å². The van der Waals surface area contributed by atoms with Crippen molar-refractivity contribution in [3.05, 3.63) is 64.1 Å². The Morgan fingerprint density at radius 1 is 0.964 bits per heavy atom. The van der Waals surface area contributed by atoms with Gasteiger partial charge < -0.3 is 4.90 Å². The number of alkyl halides is 3. The molecule has 1 aliphatic rings. The number of piperazine rings is 1. The summed E-state index contributed by atoms with van der Waals surface area (Å²) in [7, 11) is -3.74. The quantitative estimate of drug-likeness (QED) is 0.679. The van der Waals surface area contributed by atoms with E-state index in [0.717, 1.165) is 12.1 Å². The van der Waals surface area contributed by atoms with Crippen LogP contribution in [-0.2, 0) is 16.2 Å². The predicted octanol–water partition coefficient (Wildman–Crippen LogP) is 3.61. The maximum atomic E-state index is 13.2. The summed E-state index contributed by atoms with van der Waals surface area (Å²) in [6.07, 6.45) is -4.64. The molecule has 0 N–H and O–H groups in total. The lowest BCUT2D eigenvalue weighted by Crippen LogP contribution is -2.50. The topological polar surface area (TPSA) is 57.7 Å². The molecule has 1 saturated heterocycles. The molecule has 1 aliphatic heterocycles. The summed E-state index contributed by atoms with van der Waals surface area (Å²) < 4.78 is 66.8. The lowest BCUT2D eigenvalue weighted by Gasteiger charge is -2.34. The Kier molecular flexibility index (Phi) is 5.83. The van der Waals surface area contributed by atoms with Crippen LogP contribution in [0.2, 0.25) is 0 Å². The van der Waals surface area contributed by atoms with E-state index < -0.39 is 33.2 Å². The normalized spacial score (nSPS) is 16.2. The first-order chi connectivity index (χ1) is 13.1.